The summed E-state index contributed by atoms with van der Waals surface area (Å²) in [5.41, 5.74) is 1.65. The summed E-state index contributed by atoms with van der Waals surface area (Å²) >= 11 is 12.3. The zero-order chi connectivity index (χ0) is 22.8. The van der Waals surface area contributed by atoms with E-state index in [1.807, 2.05) is 11.8 Å². The molecule has 7 nitrogen and oxygen atoms in total. The van der Waals surface area contributed by atoms with E-state index < -0.39 is 22.0 Å². The van der Waals surface area contributed by atoms with Crippen molar-refractivity contribution in [2.75, 3.05) is 45.3 Å². The molecule has 3 rings (SSSR count). The fourth-order valence-corrected chi connectivity index (χ4v) is 4.85. The third kappa shape index (κ3) is 5.32. The molecule has 0 aromatic heterocycles. The molecule has 168 valence electrons. The largest absolute Gasteiger partial charge is 0.378 e. The molecule has 1 atom stereocenters. The maximum Gasteiger partial charge on any atom is 0.253 e. The summed E-state index contributed by atoms with van der Waals surface area (Å²) in [6.45, 7) is 4.10. The summed E-state index contributed by atoms with van der Waals surface area (Å²) in [4.78, 5) is 15.3. The second-order valence-corrected chi connectivity index (χ2v) is 10.4. The first-order chi connectivity index (χ1) is 14.6. The van der Waals surface area contributed by atoms with Crippen molar-refractivity contribution in [3.63, 3.8) is 0 Å². The Morgan fingerprint density at radius 3 is 2.42 bits per heavy atom. The van der Waals surface area contributed by atoms with Gasteiger partial charge in [-0.3, -0.25) is 4.79 Å². The highest BCUT2D eigenvalue weighted by Gasteiger charge is 2.25. The number of hydrogen-bond acceptors (Lipinski definition) is 5. The van der Waals surface area contributed by atoms with Crippen molar-refractivity contribution in [2.45, 2.75) is 17.9 Å². The molecule has 0 spiro atoms. The van der Waals surface area contributed by atoms with Crippen LogP contribution in [0.2, 0.25) is 10.0 Å². The molecule has 1 unspecified atom stereocenters. The van der Waals surface area contributed by atoms with Gasteiger partial charge in [0, 0.05) is 42.9 Å². The highest BCUT2D eigenvalue weighted by molar-refractivity contribution is 7.89. The number of halogens is 2. The topological polar surface area (TPSA) is 79.0 Å². The van der Waals surface area contributed by atoms with Crippen molar-refractivity contribution in [3.05, 3.63) is 57.6 Å². The van der Waals surface area contributed by atoms with Crippen LogP contribution in [0, 0.1) is 0 Å². The number of sulfonamides is 1. The van der Waals surface area contributed by atoms with Gasteiger partial charge in [-0.2, -0.15) is 0 Å². The lowest BCUT2D eigenvalue weighted by atomic mass is 10.1. The van der Waals surface area contributed by atoms with E-state index in [2.05, 4.69) is 5.32 Å². The van der Waals surface area contributed by atoms with E-state index in [9.17, 15) is 13.2 Å². The minimum atomic E-state index is -3.70. The van der Waals surface area contributed by atoms with Crippen LogP contribution in [0.1, 0.15) is 28.9 Å². The van der Waals surface area contributed by atoms with Crippen LogP contribution in [0.3, 0.4) is 0 Å². The first kappa shape index (κ1) is 23.8. The summed E-state index contributed by atoms with van der Waals surface area (Å²) in [7, 11) is -0.790. The SMILES string of the molecule is CC(NC(=O)c1cc(S(=O)(=O)N(C)C)ccc1N1CCOCC1)c1ccc(Cl)cc1Cl. The number of benzene rings is 2. The number of morpholine rings is 1. The first-order valence-corrected chi connectivity index (χ1v) is 12.0. The zero-order valence-corrected chi connectivity index (χ0v) is 19.9. The molecule has 0 saturated carbocycles. The fraction of sp³-hybridized carbons (Fsp3) is 0.381. The van der Waals surface area contributed by atoms with Gasteiger partial charge in [-0.25, -0.2) is 12.7 Å². The summed E-state index contributed by atoms with van der Waals surface area (Å²) in [6, 6.07) is 9.28. The van der Waals surface area contributed by atoms with Gasteiger partial charge in [0.05, 0.1) is 29.7 Å². The Balaban J connectivity index is 1.98. The Labute approximate surface area is 192 Å². The number of amides is 1. The first-order valence-electron chi connectivity index (χ1n) is 9.76. The van der Waals surface area contributed by atoms with Crippen LogP contribution < -0.4 is 10.2 Å². The van der Waals surface area contributed by atoms with Crippen LogP contribution in [-0.4, -0.2) is 59.0 Å². The molecule has 1 aliphatic heterocycles. The van der Waals surface area contributed by atoms with E-state index in [0.29, 0.717) is 47.6 Å². The zero-order valence-electron chi connectivity index (χ0n) is 17.6. The predicted octanol–water partition coefficient (Wildman–Crippen LogP) is 3.57. The maximum atomic E-state index is 13.3. The molecule has 1 heterocycles. The number of anilines is 1. The highest BCUT2D eigenvalue weighted by atomic mass is 35.5. The van der Waals surface area contributed by atoms with Crippen molar-refractivity contribution in [1.29, 1.82) is 0 Å². The van der Waals surface area contributed by atoms with Crippen molar-refractivity contribution >= 4 is 44.8 Å². The molecular weight excluding hydrogens is 461 g/mol. The average Bonchev–Trinajstić information content (AvgIpc) is 2.73. The van der Waals surface area contributed by atoms with Gasteiger partial charge in [-0.05, 0) is 42.8 Å². The van der Waals surface area contributed by atoms with Crippen LogP contribution in [0.5, 0.6) is 0 Å². The van der Waals surface area contributed by atoms with Crippen molar-refractivity contribution in [1.82, 2.24) is 9.62 Å². The molecule has 0 radical (unpaired) electrons. The monoisotopic (exact) mass is 485 g/mol. The predicted molar refractivity (Wildman–Crippen MR) is 123 cm³/mol. The fourth-order valence-electron chi connectivity index (χ4n) is 3.35. The van der Waals surface area contributed by atoms with Gasteiger partial charge in [0.1, 0.15) is 0 Å². The Kier molecular flexibility index (Phi) is 7.49. The Morgan fingerprint density at radius 1 is 1.13 bits per heavy atom. The maximum absolute atomic E-state index is 13.3. The van der Waals surface area contributed by atoms with Gasteiger partial charge in [0.25, 0.3) is 5.91 Å². The third-order valence-corrected chi connectivity index (χ3v) is 7.49. The molecule has 1 fully saturated rings. The van der Waals surface area contributed by atoms with Gasteiger partial charge in [-0.1, -0.05) is 29.3 Å². The van der Waals surface area contributed by atoms with Crippen molar-refractivity contribution in [3.8, 4) is 0 Å². The van der Waals surface area contributed by atoms with E-state index in [1.165, 1.54) is 26.2 Å². The van der Waals surface area contributed by atoms with Crippen molar-refractivity contribution < 1.29 is 17.9 Å². The Morgan fingerprint density at radius 2 is 1.81 bits per heavy atom. The number of carbonyl (C=O) groups excluding carboxylic acids is 1. The molecule has 0 aliphatic carbocycles. The number of rotatable bonds is 6. The minimum absolute atomic E-state index is 0.0526. The van der Waals surface area contributed by atoms with E-state index in [4.69, 9.17) is 27.9 Å². The smallest absolute Gasteiger partial charge is 0.253 e. The van der Waals surface area contributed by atoms with E-state index in [0.717, 1.165) is 4.31 Å². The van der Waals surface area contributed by atoms with Gasteiger partial charge in [0.2, 0.25) is 10.0 Å². The molecule has 1 amide bonds. The molecule has 1 N–H and O–H groups in total. The van der Waals surface area contributed by atoms with E-state index in [1.54, 1.807) is 24.3 Å². The van der Waals surface area contributed by atoms with Crippen molar-refractivity contribution in [2.24, 2.45) is 0 Å². The summed E-state index contributed by atoms with van der Waals surface area (Å²) in [6.07, 6.45) is 0. The number of nitrogens with zero attached hydrogens (tertiary/aromatic N) is 2. The Bertz CT molecular complexity index is 1070. The lowest BCUT2D eigenvalue weighted by molar-refractivity contribution is 0.0938. The lowest BCUT2D eigenvalue weighted by Gasteiger charge is -2.31. The molecule has 31 heavy (non-hydrogen) atoms. The summed E-state index contributed by atoms with van der Waals surface area (Å²) in [5.74, 6) is -0.393. The molecule has 1 aliphatic rings. The van der Waals surface area contributed by atoms with Crippen LogP contribution in [-0.2, 0) is 14.8 Å². The van der Waals surface area contributed by atoms with Gasteiger partial charge >= 0.3 is 0 Å². The number of ether oxygens (including phenoxy) is 1. The number of hydrogen-bond donors (Lipinski definition) is 1. The quantitative estimate of drug-likeness (QED) is 0.676. The second-order valence-electron chi connectivity index (χ2n) is 7.43. The van der Waals surface area contributed by atoms with Gasteiger partial charge in [0.15, 0.2) is 0 Å². The molecule has 2 aromatic rings. The average molecular weight is 486 g/mol. The minimum Gasteiger partial charge on any atom is -0.378 e. The lowest BCUT2D eigenvalue weighted by Crippen LogP contribution is -2.38. The molecule has 1 saturated heterocycles. The van der Waals surface area contributed by atoms with Crippen LogP contribution >= 0.6 is 23.2 Å². The molecule has 2 aromatic carbocycles. The summed E-state index contributed by atoms with van der Waals surface area (Å²) in [5, 5.41) is 3.87. The molecular formula is C21H25Cl2N3O4S. The van der Waals surface area contributed by atoms with E-state index >= 15 is 0 Å². The Hall–Kier alpha value is -1.84. The molecule has 0 bridgehead atoms. The molecule has 10 heteroatoms. The van der Waals surface area contributed by atoms with Crippen LogP contribution in [0.15, 0.2) is 41.3 Å². The number of nitrogens with one attached hydrogen (secondary N) is 1. The third-order valence-electron chi connectivity index (χ3n) is 5.12. The van der Waals surface area contributed by atoms with Gasteiger partial charge < -0.3 is 15.0 Å². The van der Waals surface area contributed by atoms with Gasteiger partial charge in [-0.15, -0.1) is 0 Å². The van der Waals surface area contributed by atoms with Crippen LogP contribution in [0.4, 0.5) is 5.69 Å². The van der Waals surface area contributed by atoms with E-state index in [-0.39, 0.29) is 10.5 Å². The number of carbonyl (C=O) groups is 1. The standard InChI is InChI=1S/C21H25Cl2N3O4S/c1-14(17-6-4-15(22)12-19(17)23)24-21(27)18-13-16(31(28,29)25(2)3)5-7-20(18)26-8-10-30-11-9-26/h4-7,12-14H,8-11H2,1-3H3,(H,24,27). The highest BCUT2D eigenvalue weighted by Crippen LogP contribution is 2.29. The normalized spacial score (nSPS) is 15.7. The summed E-state index contributed by atoms with van der Waals surface area (Å²) < 4.78 is 31.8. The second kappa shape index (κ2) is 9.75. The van der Waals surface area contributed by atoms with Crippen LogP contribution in [0.25, 0.3) is 0 Å².